The Bertz CT molecular complexity index is 435. The van der Waals surface area contributed by atoms with Crippen molar-refractivity contribution in [1.82, 2.24) is 4.98 Å². The van der Waals surface area contributed by atoms with E-state index in [9.17, 15) is 4.79 Å². The average molecular weight is 286 g/mol. The predicted molar refractivity (Wildman–Crippen MR) is 73.9 cm³/mol. The molecule has 1 saturated carbocycles. The molecule has 0 saturated heterocycles. The zero-order valence-corrected chi connectivity index (χ0v) is 12.3. The van der Waals surface area contributed by atoms with E-state index in [-0.39, 0.29) is 5.97 Å². The third-order valence-electron chi connectivity index (χ3n) is 3.05. The number of ether oxygens (including phenoxy) is 1. The van der Waals surface area contributed by atoms with Crippen LogP contribution in [-0.2, 0) is 9.53 Å². The van der Waals surface area contributed by atoms with Crippen LogP contribution in [-0.4, -0.2) is 28.3 Å². The van der Waals surface area contributed by atoms with E-state index in [0.29, 0.717) is 24.7 Å². The largest absolute Gasteiger partial charge is 0.465 e. The first-order valence-electron chi connectivity index (χ1n) is 6.08. The zero-order valence-electron chi connectivity index (χ0n) is 10.6. The fraction of sp³-hybridized carbons (Fsp3) is 0.667. The SMILES string of the molecule is CCOC(=O)C1(N)CCC(Sc2nc(C)cs2)C1. The number of carbonyl (C=O) groups excluding carboxylic acids is 1. The van der Waals surface area contributed by atoms with E-state index in [1.807, 2.05) is 12.3 Å². The molecule has 0 radical (unpaired) electrons. The molecule has 0 aromatic carbocycles. The number of hydrogen-bond acceptors (Lipinski definition) is 6. The molecule has 1 aliphatic carbocycles. The van der Waals surface area contributed by atoms with Crippen molar-refractivity contribution < 1.29 is 9.53 Å². The standard InChI is InChI=1S/C12H18N2O2S2/c1-3-16-10(15)12(13)5-4-9(6-12)18-11-14-8(2)7-17-11/h7,9H,3-6,13H2,1-2H3. The van der Waals surface area contributed by atoms with Gasteiger partial charge in [0.25, 0.3) is 0 Å². The van der Waals surface area contributed by atoms with Crippen LogP contribution < -0.4 is 5.73 Å². The topological polar surface area (TPSA) is 65.2 Å². The molecular formula is C12H18N2O2S2. The Labute approximate surface area is 115 Å². The number of aromatic nitrogens is 1. The van der Waals surface area contributed by atoms with E-state index in [2.05, 4.69) is 4.98 Å². The number of hydrogen-bond donors (Lipinski definition) is 1. The molecule has 2 rings (SSSR count). The van der Waals surface area contributed by atoms with Gasteiger partial charge >= 0.3 is 5.97 Å². The number of carbonyl (C=O) groups is 1. The molecule has 0 amide bonds. The van der Waals surface area contributed by atoms with E-state index in [1.54, 1.807) is 30.0 Å². The Morgan fingerprint density at radius 1 is 1.78 bits per heavy atom. The summed E-state index contributed by atoms with van der Waals surface area (Å²) < 4.78 is 6.11. The van der Waals surface area contributed by atoms with E-state index in [1.165, 1.54) is 0 Å². The van der Waals surface area contributed by atoms with Gasteiger partial charge in [-0.1, -0.05) is 11.8 Å². The minimum atomic E-state index is -0.792. The number of nitrogens with two attached hydrogens (primary N) is 1. The number of aryl methyl sites for hydroxylation is 1. The van der Waals surface area contributed by atoms with Crippen molar-refractivity contribution in [2.45, 2.75) is 48.2 Å². The Morgan fingerprint density at radius 3 is 3.17 bits per heavy atom. The van der Waals surface area contributed by atoms with Crippen LogP contribution >= 0.6 is 23.1 Å². The molecule has 18 heavy (non-hydrogen) atoms. The van der Waals surface area contributed by atoms with Crippen molar-refractivity contribution in [3.8, 4) is 0 Å². The third-order valence-corrected chi connectivity index (χ3v) is 5.41. The van der Waals surface area contributed by atoms with Crippen molar-refractivity contribution in [3.05, 3.63) is 11.1 Å². The molecule has 1 aromatic rings. The normalized spacial score (nSPS) is 27.4. The fourth-order valence-corrected chi connectivity index (χ4v) is 4.51. The van der Waals surface area contributed by atoms with Crippen molar-refractivity contribution in [3.63, 3.8) is 0 Å². The van der Waals surface area contributed by atoms with Crippen molar-refractivity contribution in [2.24, 2.45) is 5.73 Å². The average Bonchev–Trinajstić information content (AvgIpc) is 2.88. The highest BCUT2D eigenvalue weighted by atomic mass is 32.2. The summed E-state index contributed by atoms with van der Waals surface area (Å²) in [5.74, 6) is -0.261. The van der Waals surface area contributed by atoms with Crippen LogP contribution in [0.25, 0.3) is 0 Å². The smallest absolute Gasteiger partial charge is 0.326 e. The second kappa shape index (κ2) is 5.59. The van der Waals surface area contributed by atoms with E-state index >= 15 is 0 Å². The lowest BCUT2D eigenvalue weighted by Crippen LogP contribution is -2.47. The molecule has 1 heterocycles. The van der Waals surface area contributed by atoms with Gasteiger partial charge in [0.05, 0.1) is 6.61 Å². The highest BCUT2D eigenvalue weighted by molar-refractivity contribution is 8.01. The van der Waals surface area contributed by atoms with Crippen LogP contribution in [0.5, 0.6) is 0 Å². The molecule has 0 bridgehead atoms. The van der Waals surface area contributed by atoms with E-state index in [0.717, 1.165) is 16.5 Å². The molecule has 6 heteroatoms. The molecule has 2 N–H and O–H groups in total. The van der Waals surface area contributed by atoms with Gasteiger partial charge in [-0.3, -0.25) is 4.79 Å². The van der Waals surface area contributed by atoms with Gasteiger partial charge in [0.1, 0.15) is 9.88 Å². The molecule has 100 valence electrons. The predicted octanol–water partition coefficient (Wildman–Crippen LogP) is 2.36. The number of esters is 1. The van der Waals surface area contributed by atoms with Crippen LogP contribution in [0, 0.1) is 6.92 Å². The lowest BCUT2D eigenvalue weighted by Gasteiger charge is -2.21. The van der Waals surface area contributed by atoms with Gasteiger partial charge in [0.15, 0.2) is 0 Å². The Balaban J connectivity index is 1.93. The second-order valence-electron chi connectivity index (χ2n) is 4.61. The number of thiazole rings is 1. The minimum absolute atomic E-state index is 0.261. The van der Waals surface area contributed by atoms with Gasteiger partial charge in [-0.2, -0.15) is 0 Å². The quantitative estimate of drug-likeness (QED) is 0.861. The number of rotatable bonds is 4. The number of thioether (sulfide) groups is 1. The summed E-state index contributed by atoms with van der Waals surface area (Å²) in [7, 11) is 0. The van der Waals surface area contributed by atoms with Gasteiger partial charge in [0.2, 0.25) is 0 Å². The van der Waals surface area contributed by atoms with Gasteiger partial charge in [0, 0.05) is 16.3 Å². The Hall–Kier alpha value is -0.590. The maximum Gasteiger partial charge on any atom is 0.326 e. The second-order valence-corrected chi connectivity index (χ2v) is 7.02. The van der Waals surface area contributed by atoms with Crippen LogP contribution in [0.3, 0.4) is 0 Å². The lowest BCUT2D eigenvalue weighted by molar-refractivity contribution is -0.149. The van der Waals surface area contributed by atoms with Gasteiger partial charge in [-0.05, 0) is 33.1 Å². The first-order valence-corrected chi connectivity index (χ1v) is 7.84. The summed E-state index contributed by atoms with van der Waals surface area (Å²) in [4.78, 5) is 16.2. The minimum Gasteiger partial charge on any atom is -0.465 e. The maximum absolute atomic E-state index is 11.8. The summed E-state index contributed by atoms with van der Waals surface area (Å²) in [6.07, 6.45) is 2.32. The molecule has 0 spiro atoms. The summed E-state index contributed by atoms with van der Waals surface area (Å²) in [5.41, 5.74) is 6.39. The van der Waals surface area contributed by atoms with Gasteiger partial charge in [-0.25, -0.2) is 4.98 Å². The summed E-state index contributed by atoms with van der Waals surface area (Å²) in [6, 6.07) is 0. The van der Waals surface area contributed by atoms with Crippen LogP contribution in [0.2, 0.25) is 0 Å². The monoisotopic (exact) mass is 286 g/mol. The third kappa shape index (κ3) is 3.05. The van der Waals surface area contributed by atoms with Crippen molar-refractivity contribution >= 4 is 29.1 Å². The first kappa shape index (κ1) is 13.8. The van der Waals surface area contributed by atoms with Crippen LogP contribution in [0.15, 0.2) is 9.72 Å². The van der Waals surface area contributed by atoms with E-state index < -0.39 is 5.54 Å². The summed E-state index contributed by atoms with van der Waals surface area (Å²) in [5, 5.41) is 2.41. The van der Waals surface area contributed by atoms with Gasteiger partial charge in [-0.15, -0.1) is 11.3 Å². The lowest BCUT2D eigenvalue weighted by atomic mass is 10.00. The van der Waals surface area contributed by atoms with Crippen LogP contribution in [0.1, 0.15) is 31.9 Å². The first-order chi connectivity index (χ1) is 8.53. The molecular weight excluding hydrogens is 268 g/mol. The molecule has 2 atom stereocenters. The van der Waals surface area contributed by atoms with Gasteiger partial charge < -0.3 is 10.5 Å². The Morgan fingerprint density at radius 2 is 2.56 bits per heavy atom. The molecule has 2 unspecified atom stereocenters. The molecule has 0 aliphatic heterocycles. The fourth-order valence-electron chi connectivity index (χ4n) is 2.12. The highest BCUT2D eigenvalue weighted by Crippen LogP contribution is 2.40. The molecule has 1 aliphatic rings. The van der Waals surface area contributed by atoms with Crippen LogP contribution in [0.4, 0.5) is 0 Å². The zero-order chi connectivity index (χ0) is 13.2. The summed E-state index contributed by atoms with van der Waals surface area (Å²) in [6.45, 7) is 4.18. The van der Waals surface area contributed by atoms with Crippen molar-refractivity contribution in [2.75, 3.05) is 6.61 Å². The van der Waals surface area contributed by atoms with E-state index in [4.69, 9.17) is 10.5 Å². The molecule has 4 nitrogen and oxygen atoms in total. The molecule has 1 aromatic heterocycles. The Kier molecular flexibility index (Phi) is 4.29. The summed E-state index contributed by atoms with van der Waals surface area (Å²) >= 11 is 3.38. The number of nitrogens with zero attached hydrogens (tertiary/aromatic N) is 1. The highest BCUT2D eigenvalue weighted by Gasteiger charge is 2.43. The maximum atomic E-state index is 11.8. The molecule has 1 fully saturated rings. The van der Waals surface area contributed by atoms with Crippen molar-refractivity contribution in [1.29, 1.82) is 0 Å².